The van der Waals surface area contributed by atoms with Crippen LogP contribution in [0.3, 0.4) is 0 Å². The molecule has 4 heteroatoms. The molecule has 1 heterocycles. The van der Waals surface area contributed by atoms with Crippen molar-refractivity contribution in [2.24, 2.45) is 0 Å². The van der Waals surface area contributed by atoms with Crippen molar-refractivity contribution in [2.75, 3.05) is 13.2 Å². The van der Waals surface area contributed by atoms with Crippen molar-refractivity contribution >= 4 is 5.97 Å². The number of aliphatic hydroxyl groups excluding tert-OH is 1. The van der Waals surface area contributed by atoms with Crippen molar-refractivity contribution in [3.05, 3.63) is 0 Å². The summed E-state index contributed by atoms with van der Waals surface area (Å²) >= 11 is 0. The third-order valence-corrected chi connectivity index (χ3v) is 1.96. The van der Waals surface area contributed by atoms with Crippen molar-refractivity contribution in [3.8, 4) is 0 Å². The molecular weight excluding hydrogens is 158 g/mol. The van der Waals surface area contributed by atoms with E-state index in [-0.39, 0.29) is 18.1 Å². The van der Waals surface area contributed by atoms with Crippen LogP contribution < -0.4 is 5.32 Å². The first-order valence-electron chi connectivity index (χ1n) is 4.32. The number of carbonyl (C=O) groups excluding carboxylic acids is 1. The summed E-state index contributed by atoms with van der Waals surface area (Å²) in [4.78, 5) is 11.1. The molecule has 1 saturated heterocycles. The van der Waals surface area contributed by atoms with Crippen LogP contribution in [0.5, 0.6) is 0 Å². The van der Waals surface area contributed by atoms with Gasteiger partial charge in [0, 0.05) is 6.54 Å². The summed E-state index contributed by atoms with van der Waals surface area (Å²) in [7, 11) is 0. The molecule has 0 bridgehead atoms. The van der Waals surface area contributed by atoms with Crippen LogP contribution in [0, 0.1) is 0 Å². The molecule has 0 radical (unpaired) electrons. The van der Waals surface area contributed by atoms with E-state index in [1.165, 1.54) is 0 Å². The van der Waals surface area contributed by atoms with E-state index < -0.39 is 0 Å². The second-order valence-electron chi connectivity index (χ2n) is 2.94. The lowest BCUT2D eigenvalue weighted by atomic mass is 10.0. The van der Waals surface area contributed by atoms with Crippen molar-refractivity contribution < 1.29 is 14.6 Å². The van der Waals surface area contributed by atoms with E-state index in [9.17, 15) is 4.79 Å². The fourth-order valence-corrected chi connectivity index (χ4v) is 1.29. The van der Waals surface area contributed by atoms with Crippen LogP contribution in [0.15, 0.2) is 0 Å². The van der Waals surface area contributed by atoms with Gasteiger partial charge in [-0.25, -0.2) is 0 Å². The Morgan fingerprint density at radius 3 is 2.92 bits per heavy atom. The molecule has 12 heavy (non-hydrogen) atoms. The van der Waals surface area contributed by atoms with Gasteiger partial charge in [0.1, 0.15) is 6.04 Å². The number of piperidine rings is 1. The van der Waals surface area contributed by atoms with Crippen molar-refractivity contribution in [1.29, 1.82) is 0 Å². The number of hydrogen-bond acceptors (Lipinski definition) is 4. The molecule has 0 amide bonds. The van der Waals surface area contributed by atoms with Gasteiger partial charge in [0.2, 0.25) is 0 Å². The highest BCUT2D eigenvalue weighted by molar-refractivity contribution is 5.75. The molecule has 0 aromatic carbocycles. The molecule has 1 aliphatic heterocycles. The van der Waals surface area contributed by atoms with Crippen LogP contribution in [0.4, 0.5) is 0 Å². The third kappa shape index (κ3) is 2.46. The molecule has 4 nitrogen and oxygen atoms in total. The summed E-state index contributed by atoms with van der Waals surface area (Å²) in [6.07, 6.45) is 1.03. The molecule has 1 rings (SSSR count). The number of rotatable bonds is 2. The lowest BCUT2D eigenvalue weighted by Crippen LogP contribution is -2.46. The maximum atomic E-state index is 11.1. The van der Waals surface area contributed by atoms with E-state index in [1.807, 2.05) is 0 Å². The second kappa shape index (κ2) is 4.42. The lowest BCUT2D eigenvalue weighted by Gasteiger charge is -2.25. The quantitative estimate of drug-likeness (QED) is 0.561. The zero-order chi connectivity index (χ0) is 8.97. The molecule has 0 unspecified atom stereocenters. The Morgan fingerprint density at radius 1 is 1.67 bits per heavy atom. The Kier molecular flexibility index (Phi) is 3.49. The largest absolute Gasteiger partial charge is 0.465 e. The van der Waals surface area contributed by atoms with E-state index in [1.54, 1.807) is 6.92 Å². The SMILES string of the molecule is CCOC(=O)[C@H]1CC[C@@H](O)CN1. The van der Waals surface area contributed by atoms with Gasteiger partial charge in [0.25, 0.3) is 0 Å². The minimum atomic E-state index is -0.310. The zero-order valence-corrected chi connectivity index (χ0v) is 7.25. The van der Waals surface area contributed by atoms with Crippen LogP contribution >= 0.6 is 0 Å². The summed E-state index contributed by atoms with van der Waals surface area (Å²) < 4.78 is 4.83. The normalized spacial score (nSPS) is 29.8. The first-order chi connectivity index (χ1) is 5.74. The highest BCUT2D eigenvalue weighted by Crippen LogP contribution is 2.08. The predicted octanol–water partition coefficient (Wildman–Crippen LogP) is -0.338. The van der Waals surface area contributed by atoms with Crippen molar-refractivity contribution in [1.82, 2.24) is 5.32 Å². The Hall–Kier alpha value is -0.610. The number of nitrogens with one attached hydrogen (secondary N) is 1. The standard InChI is InChI=1S/C8H15NO3/c1-2-12-8(11)7-4-3-6(10)5-9-7/h6-7,9-10H,2-5H2,1H3/t6-,7-/m1/s1. The molecule has 70 valence electrons. The van der Waals surface area contributed by atoms with Gasteiger partial charge in [-0.3, -0.25) is 4.79 Å². The number of aliphatic hydroxyl groups is 1. The summed E-state index contributed by atoms with van der Waals surface area (Å²) in [5.41, 5.74) is 0. The maximum absolute atomic E-state index is 11.1. The molecule has 0 aromatic rings. The first kappa shape index (κ1) is 9.48. The summed E-state index contributed by atoms with van der Waals surface area (Å²) in [6, 6.07) is -0.214. The maximum Gasteiger partial charge on any atom is 0.323 e. The van der Waals surface area contributed by atoms with Gasteiger partial charge < -0.3 is 15.2 Å². The van der Waals surface area contributed by atoms with E-state index in [4.69, 9.17) is 9.84 Å². The lowest BCUT2D eigenvalue weighted by molar-refractivity contribution is -0.146. The van der Waals surface area contributed by atoms with Crippen LogP contribution in [0.25, 0.3) is 0 Å². The molecule has 1 aliphatic rings. The fraction of sp³-hybridized carbons (Fsp3) is 0.875. The molecule has 2 N–H and O–H groups in total. The van der Waals surface area contributed by atoms with Gasteiger partial charge in [-0.05, 0) is 19.8 Å². The Bertz CT molecular complexity index is 152. The average Bonchev–Trinajstić information content (AvgIpc) is 2.06. The van der Waals surface area contributed by atoms with Crippen molar-refractivity contribution in [2.45, 2.75) is 31.9 Å². The minimum absolute atomic E-state index is 0.204. The zero-order valence-electron chi connectivity index (χ0n) is 7.25. The average molecular weight is 173 g/mol. The summed E-state index contributed by atoms with van der Waals surface area (Å²) in [5.74, 6) is -0.204. The van der Waals surface area contributed by atoms with E-state index >= 15 is 0 Å². The highest BCUT2D eigenvalue weighted by Gasteiger charge is 2.25. The topological polar surface area (TPSA) is 58.6 Å². The van der Waals surface area contributed by atoms with Crippen LogP contribution in [0.1, 0.15) is 19.8 Å². The van der Waals surface area contributed by atoms with E-state index in [0.717, 1.165) is 0 Å². The number of β-amino-alcohol motifs (C(OH)–C–C–N with tert-alkyl or cyclic N) is 1. The van der Waals surface area contributed by atoms with Crippen LogP contribution in [0.2, 0.25) is 0 Å². The molecule has 0 saturated carbocycles. The van der Waals surface area contributed by atoms with Gasteiger partial charge in [-0.15, -0.1) is 0 Å². The first-order valence-corrected chi connectivity index (χ1v) is 4.32. The number of carbonyl (C=O) groups is 1. The van der Waals surface area contributed by atoms with Gasteiger partial charge in [0.05, 0.1) is 12.7 Å². The summed E-state index contributed by atoms with van der Waals surface area (Å²) in [5, 5.41) is 12.1. The molecular formula is C8H15NO3. The van der Waals surface area contributed by atoms with Gasteiger partial charge >= 0.3 is 5.97 Å². The smallest absolute Gasteiger partial charge is 0.323 e. The van der Waals surface area contributed by atoms with Crippen LogP contribution in [-0.2, 0) is 9.53 Å². The van der Waals surface area contributed by atoms with Gasteiger partial charge in [-0.2, -0.15) is 0 Å². The second-order valence-corrected chi connectivity index (χ2v) is 2.94. The predicted molar refractivity (Wildman–Crippen MR) is 43.7 cm³/mol. The molecule has 0 aromatic heterocycles. The Balaban J connectivity index is 2.29. The molecule has 0 aliphatic carbocycles. The fourth-order valence-electron chi connectivity index (χ4n) is 1.29. The van der Waals surface area contributed by atoms with Gasteiger partial charge in [0.15, 0.2) is 0 Å². The third-order valence-electron chi connectivity index (χ3n) is 1.96. The van der Waals surface area contributed by atoms with Crippen LogP contribution in [-0.4, -0.2) is 36.4 Å². The molecule has 2 atom stereocenters. The monoisotopic (exact) mass is 173 g/mol. The van der Waals surface area contributed by atoms with E-state index in [0.29, 0.717) is 26.0 Å². The number of ether oxygens (including phenoxy) is 1. The van der Waals surface area contributed by atoms with Crippen molar-refractivity contribution in [3.63, 3.8) is 0 Å². The van der Waals surface area contributed by atoms with Gasteiger partial charge in [-0.1, -0.05) is 0 Å². The Labute approximate surface area is 71.9 Å². The molecule has 0 spiro atoms. The number of esters is 1. The highest BCUT2D eigenvalue weighted by atomic mass is 16.5. The Morgan fingerprint density at radius 2 is 2.42 bits per heavy atom. The molecule has 1 fully saturated rings. The number of hydrogen-bond donors (Lipinski definition) is 2. The minimum Gasteiger partial charge on any atom is -0.465 e. The summed E-state index contributed by atoms with van der Waals surface area (Å²) in [6.45, 7) is 2.69. The van der Waals surface area contributed by atoms with E-state index in [2.05, 4.69) is 5.32 Å².